The molecule has 7 heteroatoms. The van der Waals surface area contributed by atoms with Gasteiger partial charge in [-0.1, -0.05) is 80.9 Å². The predicted octanol–water partition coefficient (Wildman–Crippen LogP) is 5.79. The smallest absolute Gasteiger partial charge is 0.258 e. The summed E-state index contributed by atoms with van der Waals surface area (Å²) in [6.45, 7) is 6.95. The van der Waals surface area contributed by atoms with E-state index in [4.69, 9.17) is 16.7 Å². The first-order valence-electron chi connectivity index (χ1n) is 11.7. The summed E-state index contributed by atoms with van der Waals surface area (Å²) in [6.07, 6.45) is 4.35. The van der Waals surface area contributed by atoms with Crippen molar-refractivity contribution in [2.24, 2.45) is 5.14 Å². The molecule has 3 aromatic carbocycles. The normalized spacial score (nSPS) is 15.5. The lowest BCUT2D eigenvalue weighted by atomic mass is 9.86. The van der Waals surface area contributed by atoms with Gasteiger partial charge in [0.05, 0.1) is 10.6 Å². The Hall–Kier alpha value is -3.19. The summed E-state index contributed by atoms with van der Waals surface area (Å²) in [5.41, 5.74) is 5.43. The Morgan fingerprint density at radius 3 is 2.08 bits per heavy atom. The topological polar surface area (TPSA) is 80.5 Å². The molecule has 186 valence electrons. The lowest BCUT2D eigenvalue weighted by molar-refractivity contribution is -0.122. The molecule has 0 spiro atoms. The standard InChI is InChI=1S/C29H29ClN2O3S/c1-29(2,3)24-10-8-22(9-11-24)27-19-23(18-21-4-12-25(30)13-5-21)28(33)32(27)17-16-20-6-14-26(15-7-20)36(31,34)35/h4-15,18-19H,16-17H2,1-3H3,(H2,31,34,35)/b23-18+. The molecule has 1 amide bonds. The van der Waals surface area contributed by atoms with Gasteiger partial charge in [0.15, 0.2) is 0 Å². The van der Waals surface area contributed by atoms with Crippen molar-refractivity contribution in [3.8, 4) is 0 Å². The van der Waals surface area contributed by atoms with Crippen LogP contribution in [-0.4, -0.2) is 25.8 Å². The molecule has 5 nitrogen and oxygen atoms in total. The van der Waals surface area contributed by atoms with Crippen LogP contribution < -0.4 is 5.14 Å². The molecule has 0 aromatic heterocycles. The van der Waals surface area contributed by atoms with Gasteiger partial charge in [-0.25, -0.2) is 13.6 Å². The maximum Gasteiger partial charge on any atom is 0.258 e. The minimum absolute atomic E-state index is 0.0287. The van der Waals surface area contributed by atoms with Gasteiger partial charge in [0.1, 0.15) is 0 Å². The molecule has 0 atom stereocenters. The number of rotatable bonds is 6. The lowest BCUT2D eigenvalue weighted by Gasteiger charge is -2.23. The molecule has 0 bridgehead atoms. The van der Waals surface area contributed by atoms with E-state index in [1.54, 1.807) is 29.2 Å². The number of nitrogens with two attached hydrogens (primary N) is 1. The molecule has 0 aliphatic carbocycles. The minimum Gasteiger partial charge on any atom is -0.307 e. The van der Waals surface area contributed by atoms with Gasteiger partial charge in [0.2, 0.25) is 10.0 Å². The first kappa shape index (κ1) is 25.9. The number of carbonyl (C=O) groups excluding carboxylic acids is 1. The van der Waals surface area contributed by atoms with Crippen molar-refractivity contribution < 1.29 is 13.2 Å². The summed E-state index contributed by atoms with van der Waals surface area (Å²) in [5.74, 6) is -0.0824. The molecule has 0 unspecified atom stereocenters. The largest absolute Gasteiger partial charge is 0.307 e. The number of primary sulfonamides is 1. The van der Waals surface area contributed by atoms with Crippen LogP contribution >= 0.6 is 11.6 Å². The van der Waals surface area contributed by atoms with Crippen LogP contribution in [0.1, 0.15) is 43.0 Å². The van der Waals surface area contributed by atoms with Crippen LogP contribution in [0.15, 0.2) is 89.3 Å². The van der Waals surface area contributed by atoms with Gasteiger partial charge < -0.3 is 4.90 Å². The van der Waals surface area contributed by atoms with Crippen molar-refractivity contribution in [2.75, 3.05) is 6.54 Å². The Labute approximate surface area is 218 Å². The fourth-order valence-electron chi connectivity index (χ4n) is 4.08. The molecule has 3 aromatic rings. The van der Waals surface area contributed by atoms with E-state index < -0.39 is 10.0 Å². The minimum atomic E-state index is -3.75. The van der Waals surface area contributed by atoms with Crippen molar-refractivity contribution in [1.29, 1.82) is 0 Å². The van der Waals surface area contributed by atoms with Gasteiger partial charge in [-0.3, -0.25) is 4.79 Å². The zero-order chi connectivity index (χ0) is 26.1. The van der Waals surface area contributed by atoms with Crippen molar-refractivity contribution in [3.63, 3.8) is 0 Å². The van der Waals surface area contributed by atoms with Gasteiger partial charge in [0, 0.05) is 17.1 Å². The molecular weight excluding hydrogens is 492 g/mol. The third kappa shape index (κ3) is 5.95. The predicted molar refractivity (Wildman–Crippen MR) is 146 cm³/mol. The number of hydrogen-bond acceptors (Lipinski definition) is 3. The second-order valence-corrected chi connectivity index (χ2v) is 11.9. The summed E-state index contributed by atoms with van der Waals surface area (Å²) in [7, 11) is -3.75. The van der Waals surface area contributed by atoms with E-state index in [9.17, 15) is 13.2 Å². The number of sulfonamides is 1. The van der Waals surface area contributed by atoms with Crippen molar-refractivity contribution in [2.45, 2.75) is 37.5 Å². The summed E-state index contributed by atoms with van der Waals surface area (Å²) in [6, 6.07) is 22.1. The molecule has 0 radical (unpaired) electrons. The van der Waals surface area contributed by atoms with Gasteiger partial charge in [-0.05, 0) is 70.5 Å². The van der Waals surface area contributed by atoms with Crippen LogP contribution in [0.5, 0.6) is 0 Å². The van der Waals surface area contributed by atoms with Crippen LogP contribution in [0.4, 0.5) is 0 Å². The average Bonchev–Trinajstić information content (AvgIpc) is 3.13. The quantitative estimate of drug-likeness (QED) is 0.417. The van der Waals surface area contributed by atoms with E-state index in [2.05, 4.69) is 45.0 Å². The van der Waals surface area contributed by atoms with E-state index in [-0.39, 0.29) is 16.2 Å². The highest BCUT2D eigenvalue weighted by atomic mass is 35.5. The van der Waals surface area contributed by atoms with Gasteiger partial charge >= 0.3 is 0 Å². The van der Waals surface area contributed by atoms with E-state index in [1.807, 2.05) is 24.3 Å². The fraction of sp³-hybridized carbons (Fsp3) is 0.207. The molecule has 0 saturated heterocycles. The zero-order valence-corrected chi connectivity index (χ0v) is 22.1. The first-order chi connectivity index (χ1) is 16.9. The Morgan fingerprint density at radius 1 is 0.917 bits per heavy atom. The molecule has 1 heterocycles. The highest BCUT2D eigenvalue weighted by Gasteiger charge is 2.29. The SMILES string of the molecule is CC(C)(C)c1ccc(C2=C/C(=C\c3ccc(Cl)cc3)C(=O)N2CCc2ccc(S(N)(=O)=O)cc2)cc1. The molecule has 0 fully saturated rings. The Balaban J connectivity index is 1.64. The van der Waals surface area contributed by atoms with Crippen molar-refractivity contribution >= 4 is 39.3 Å². The zero-order valence-electron chi connectivity index (χ0n) is 20.5. The van der Waals surface area contributed by atoms with Crippen LogP contribution in [0.25, 0.3) is 11.8 Å². The monoisotopic (exact) mass is 520 g/mol. The average molecular weight is 521 g/mol. The van der Waals surface area contributed by atoms with Gasteiger partial charge in [-0.2, -0.15) is 0 Å². The van der Waals surface area contributed by atoms with Crippen molar-refractivity contribution in [3.05, 3.63) is 112 Å². The highest BCUT2D eigenvalue weighted by Crippen LogP contribution is 2.32. The summed E-state index contributed by atoms with van der Waals surface area (Å²) >= 11 is 6.01. The molecule has 1 aliphatic heterocycles. The molecule has 2 N–H and O–H groups in total. The van der Waals surface area contributed by atoms with Crippen LogP contribution in [0.2, 0.25) is 5.02 Å². The summed E-state index contributed by atoms with van der Waals surface area (Å²) in [4.78, 5) is 15.3. The highest BCUT2D eigenvalue weighted by molar-refractivity contribution is 7.89. The lowest BCUT2D eigenvalue weighted by Crippen LogP contribution is -2.28. The van der Waals surface area contributed by atoms with Crippen LogP contribution in [0, 0.1) is 0 Å². The van der Waals surface area contributed by atoms with Crippen LogP contribution in [-0.2, 0) is 26.7 Å². The Bertz CT molecular complexity index is 1430. The molecule has 0 saturated carbocycles. The maximum atomic E-state index is 13.5. The van der Waals surface area contributed by atoms with Crippen LogP contribution in [0.3, 0.4) is 0 Å². The number of benzene rings is 3. The molecule has 4 rings (SSSR count). The number of carbonyl (C=O) groups is 1. The van der Waals surface area contributed by atoms with Crippen molar-refractivity contribution in [1.82, 2.24) is 4.90 Å². The third-order valence-electron chi connectivity index (χ3n) is 6.19. The first-order valence-corrected chi connectivity index (χ1v) is 13.6. The molecular formula is C29H29ClN2O3S. The number of nitrogens with zero attached hydrogens (tertiary/aromatic N) is 1. The maximum absolute atomic E-state index is 13.5. The Morgan fingerprint density at radius 2 is 1.53 bits per heavy atom. The van der Waals surface area contributed by atoms with E-state index >= 15 is 0 Å². The van der Waals surface area contributed by atoms with Gasteiger partial charge in [-0.15, -0.1) is 0 Å². The summed E-state index contributed by atoms with van der Waals surface area (Å²) in [5, 5.41) is 5.84. The number of hydrogen-bond donors (Lipinski definition) is 1. The van der Waals surface area contributed by atoms with Gasteiger partial charge in [0.25, 0.3) is 5.91 Å². The second-order valence-electron chi connectivity index (χ2n) is 9.90. The van der Waals surface area contributed by atoms with E-state index in [0.717, 1.165) is 22.4 Å². The Kier molecular flexibility index (Phi) is 7.23. The summed E-state index contributed by atoms with van der Waals surface area (Å²) < 4.78 is 23.1. The number of amides is 1. The second kappa shape index (κ2) is 10.1. The third-order valence-corrected chi connectivity index (χ3v) is 7.37. The van der Waals surface area contributed by atoms with E-state index in [0.29, 0.717) is 23.6 Å². The molecule has 1 aliphatic rings. The van der Waals surface area contributed by atoms with E-state index in [1.165, 1.54) is 17.7 Å². The molecule has 36 heavy (non-hydrogen) atoms. The fourth-order valence-corrected chi connectivity index (χ4v) is 4.72. The number of halogens is 1.